The van der Waals surface area contributed by atoms with Crippen LogP contribution >= 0.6 is 11.3 Å². The first-order valence-electron chi connectivity index (χ1n) is 9.16. The van der Waals surface area contributed by atoms with E-state index in [-0.39, 0.29) is 11.9 Å². The van der Waals surface area contributed by atoms with Gasteiger partial charge in [0.15, 0.2) is 5.65 Å². The Hall–Kier alpha value is -2.12. The monoisotopic (exact) mass is 386 g/mol. The van der Waals surface area contributed by atoms with Crippen LogP contribution in [0.5, 0.6) is 5.75 Å². The van der Waals surface area contributed by atoms with E-state index in [4.69, 9.17) is 4.74 Å². The van der Waals surface area contributed by atoms with Crippen molar-refractivity contribution in [3.05, 3.63) is 46.1 Å². The molecule has 1 aliphatic heterocycles. The minimum absolute atomic E-state index is 0.0782. The molecule has 0 radical (unpaired) electrons. The van der Waals surface area contributed by atoms with E-state index in [0.29, 0.717) is 23.9 Å². The number of thiazole rings is 1. The van der Waals surface area contributed by atoms with Gasteiger partial charge in [0.05, 0.1) is 15.4 Å². The smallest absolute Gasteiger partial charge is 0.171 e. The van der Waals surface area contributed by atoms with Gasteiger partial charge in [0, 0.05) is 49.1 Å². The Kier molecular flexibility index (Phi) is 4.82. The molecule has 1 saturated heterocycles. The fraction of sp³-hybridized carbons (Fsp3) is 0.450. The number of likely N-dealkylation sites (tertiary alicyclic amines) is 1. The van der Waals surface area contributed by atoms with Gasteiger partial charge in [-0.25, -0.2) is 14.4 Å². The highest BCUT2D eigenvalue weighted by Crippen LogP contribution is 2.27. The third-order valence-corrected chi connectivity index (χ3v) is 5.80. The minimum atomic E-state index is -0.261. The molecule has 0 amide bonds. The van der Waals surface area contributed by atoms with E-state index >= 15 is 0 Å². The second-order valence-electron chi connectivity index (χ2n) is 7.31. The van der Waals surface area contributed by atoms with E-state index in [9.17, 15) is 4.39 Å². The zero-order valence-corrected chi connectivity index (χ0v) is 16.8. The number of aryl methyl sites for hydroxylation is 3. The van der Waals surface area contributed by atoms with E-state index in [1.807, 2.05) is 32.9 Å². The normalized spacial score (nSPS) is 20.5. The second-order valence-corrected chi connectivity index (χ2v) is 8.55. The number of ether oxygens (including phenoxy) is 1. The summed E-state index contributed by atoms with van der Waals surface area (Å²) in [5, 5.41) is 0.903. The van der Waals surface area contributed by atoms with Crippen molar-refractivity contribution in [3.63, 3.8) is 0 Å². The molecule has 7 heteroatoms. The lowest BCUT2D eigenvalue weighted by molar-refractivity contribution is 0.192. The minimum Gasteiger partial charge on any atom is -0.489 e. The molecule has 142 valence electrons. The van der Waals surface area contributed by atoms with Crippen LogP contribution in [0.4, 0.5) is 4.39 Å². The van der Waals surface area contributed by atoms with Crippen LogP contribution in [-0.2, 0) is 6.54 Å². The van der Waals surface area contributed by atoms with E-state index < -0.39 is 0 Å². The summed E-state index contributed by atoms with van der Waals surface area (Å²) in [5.41, 5.74) is 2.99. The van der Waals surface area contributed by atoms with Crippen LogP contribution in [0.25, 0.3) is 10.3 Å². The molecule has 0 bridgehead atoms. The van der Waals surface area contributed by atoms with Crippen LogP contribution in [0.15, 0.2) is 18.2 Å². The van der Waals surface area contributed by atoms with Gasteiger partial charge >= 0.3 is 0 Å². The summed E-state index contributed by atoms with van der Waals surface area (Å²) >= 11 is 1.47. The first-order valence-corrected chi connectivity index (χ1v) is 9.97. The van der Waals surface area contributed by atoms with Crippen molar-refractivity contribution in [2.75, 3.05) is 6.54 Å². The Bertz CT molecular complexity index is 969. The second kappa shape index (κ2) is 7.13. The zero-order valence-electron chi connectivity index (χ0n) is 16.0. The maximum atomic E-state index is 14.5. The van der Waals surface area contributed by atoms with Crippen LogP contribution in [0.3, 0.4) is 0 Å². The Morgan fingerprint density at radius 3 is 2.63 bits per heavy atom. The standard InChI is InChI=1S/C20H23FN4OS/c1-11-5-15(6-12(2)22-11)26-16-7-13(3)25(9-16)10-18-17(21)8-19-20(24-18)23-14(4)27-19/h5-6,8,13,16H,7,9-10H2,1-4H3/t13-,16+/m0/s1. The fourth-order valence-electron chi connectivity index (χ4n) is 3.70. The maximum absolute atomic E-state index is 14.5. The van der Waals surface area contributed by atoms with E-state index in [2.05, 4.69) is 26.8 Å². The first kappa shape index (κ1) is 18.3. The SMILES string of the molecule is Cc1cc(O[C@@H]2C[C@H](C)N(Cc3nc4nc(C)sc4cc3F)C2)cc(C)n1. The van der Waals surface area contributed by atoms with Gasteiger partial charge < -0.3 is 4.74 Å². The molecular weight excluding hydrogens is 363 g/mol. The molecule has 1 aliphatic rings. The molecule has 27 heavy (non-hydrogen) atoms. The summed E-state index contributed by atoms with van der Waals surface area (Å²) in [7, 11) is 0. The molecule has 0 aromatic carbocycles. The lowest BCUT2D eigenvalue weighted by atomic mass is 10.2. The van der Waals surface area contributed by atoms with Gasteiger partial charge in [0.1, 0.15) is 17.7 Å². The maximum Gasteiger partial charge on any atom is 0.171 e. The Morgan fingerprint density at radius 1 is 1.15 bits per heavy atom. The van der Waals surface area contributed by atoms with Gasteiger partial charge in [-0.2, -0.15) is 0 Å². The van der Waals surface area contributed by atoms with Crippen molar-refractivity contribution in [2.24, 2.45) is 0 Å². The zero-order chi connectivity index (χ0) is 19.1. The third-order valence-electron chi connectivity index (χ3n) is 4.89. The van der Waals surface area contributed by atoms with E-state index in [1.54, 1.807) is 6.07 Å². The predicted molar refractivity (Wildman–Crippen MR) is 105 cm³/mol. The average molecular weight is 386 g/mol. The summed E-state index contributed by atoms with van der Waals surface area (Å²) in [4.78, 5) is 15.5. The highest BCUT2D eigenvalue weighted by Gasteiger charge is 2.31. The molecule has 3 aromatic rings. The molecule has 0 unspecified atom stereocenters. The van der Waals surface area contributed by atoms with Crippen LogP contribution < -0.4 is 4.74 Å². The lowest BCUT2D eigenvalue weighted by Gasteiger charge is -2.20. The lowest BCUT2D eigenvalue weighted by Crippen LogP contribution is -2.29. The van der Waals surface area contributed by atoms with Crippen LogP contribution in [0.1, 0.15) is 35.4 Å². The molecule has 0 N–H and O–H groups in total. The summed E-state index contributed by atoms with van der Waals surface area (Å²) in [6, 6.07) is 5.77. The van der Waals surface area contributed by atoms with Crippen molar-refractivity contribution >= 4 is 21.7 Å². The van der Waals surface area contributed by atoms with Gasteiger partial charge in [-0.1, -0.05) is 0 Å². The van der Waals surface area contributed by atoms with Crippen LogP contribution in [0.2, 0.25) is 0 Å². The third kappa shape index (κ3) is 3.94. The largest absolute Gasteiger partial charge is 0.489 e. The number of rotatable bonds is 4. The number of aromatic nitrogens is 3. The van der Waals surface area contributed by atoms with Crippen LogP contribution in [0, 0.1) is 26.6 Å². The molecule has 0 aliphatic carbocycles. The van der Waals surface area contributed by atoms with Gasteiger partial charge in [0.25, 0.3) is 0 Å². The fourth-order valence-corrected chi connectivity index (χ4v) is 4.49. The molecule has 3 aromatic heterocycles. The molecule has 4 heterocycles. The number of nitrogens with zero attached hydrogens (tertiary/aromatic N) is 4. The number of pyridine rings is 2. The molecular formula is C20H23FN4OS. The highest BCUT2D eigenvalue weighted by molar-refractivity contribution is 7.18. The van der Waals surface area contributed by atoms with Gasteiger partial charge in [-0.05, 0) is 33.8 Å². The Labute approximate surface area is 162 Å². The molecule has 1 fully saturated rings. The number of halogens is 1. The summed E-state index contributed by atoms with van der Waals surface area (Å²) in [5.74, 6) is 0.589. The predicted octanol–water partition coefficient (Wildman–Crippen LogP) is 4.19. The number of hydrogen-bond acceptors (Lipinski definition) is 6. The molecule has 4 rings (SSSR count). The summed E-state index contributed by atoms with van der Waals surface area (Å²) < 4.78 is 21.5. The van der Waals surface area contributed by atoms with E-state index in [1.165, 1.54) is 11.3 Å². The van der Waals surface area contributed by atoms with Crippen LogP contribution in [-0.4, -0.2) is 38.5 Å². The Balaban J connectivity index is 1.48. The highest BCUT2D eigenvalue weighted by atomic mass is 32.1. The number of hydrogen-bond donors (Lipinski definition) is 0. The van der Waals surface area contributed by atoms with Gasteiger partial charge in [0.2, 0.25) is 0 Å². The molecule has 2 atom stereocenters. The van der Waals surface area contributed by atoms with Crippen molar-refractivity contribution < 1.29 is 9.13 Å². The summed E-state index contributed by atoms with van der Waals surface area (Å²) in [6.07, 6.45) is 0.981. The van der Waals surface area contributed by atoms with Crippen molar-refractivity contribution in [2.45, 2.75) is 52.8 Å². The molecule has 0 saturated carbocycles. The first-order chi connectivity index (χ1) is 12.9. The van der Waals surface area contributed by atoms with Crippen molar-refractivity contribution in [1.29, 1.82) is 0 Å². The van der Waals surface area contributed by atoms with E-state index in [0.717, 1.165) is 39.8 Å². The average Bonchev–Trinajstić information content (AvgIpc) is 3.08. The number of fused-ring (bicyclic) bond motifs is 1. The van der Waals surface area contributed by atoms with Crippen molar-refractivity contribution in [1.82, 2.24) is 19.9 Å². The Morgan fingerprint density at radius 2 is 1.89 bits per heavy atom. The van der Waals surface area contributed by atoms with Gasteiger partial charge in [-0.3, -0.25) is 9.88 Å². The molecule has 5 nitrogen and oxygen atoms in total. The molecule has 0 spiro atoms. The quantitative estimate of drug-likeness (QED) is 0.673. The summed E-state index contributed by atoms with van der Waals surface area (Å²) in [6.45, 7) is 9.21. The van der Waals surface area contributed by atoms with Gasteiger partial charge in [-0.15, -0.1) is 11.3 Å². The van der Waals surface area contributed by atoms with Crippen molar-refractivity contribution in [3.8, 4) is 5.75 Å². The topological polar surface area (TPSA) is 51.1 Å².